The van der Waals surface area contributed by atoms with Crippen LogP contribution in [0.3, 0.4) is 0 Å². The minimum Gasteiger partial charge on any atom is -0.127 e. The van der Waals surface area contributed by atoms with Crippen molar-refractivity contribution in [2.75, 3.05) is 5.88 Å². The lowest BCUT2D eigenvalue weighted by molar-refractivity contribution is 0.684. The molecule has 1 aromatic carbocycles. The van der Waals surface area contributed by atoms with Gasteiger partial charge >= 0.3 is 0 Å². The van der Waals surface area contributed by atoms with Crippen LogP contribution in [0.5, 0.6) is 0 Å². The number of hydrogen-bond acceptors (Lipinski definition) is 0. The second-order valence-corrected chi connectivity index (χ2v) is 5.21. The number of alkyl halides is 3. The molecule has 0 aliphatic heterocycles. The first kappa shape index (κ1) is 13.2. The van der Waals surface area contributed by atoms with Gasteiger partial charge in [0.1, 0.15) is 0 Å². The number of rotatable bonds is 6. The van der Waals surface area contributed by atoms with Crippen molar-refractivity contribution in [1.29, 1.82) is 0 Å². The summed E-state index contributed by atoms with van der Waals surface area (Å²) < 4.78 is 0. The smallest absolute Gasteiger partial charge is 0.0390 e. The van der Waals surface area contributed by atoms with Gasteiger partial charge in [-0.05, 0) is 24.8 Å². The third-order valence-corrected chi connectivity index (χ3v) is 3.18. The van der Waals surface area contributed by atoms with E-state index in [1.165, 1.54) is 5.56 Å². The quantitative estimate of drug-likeness (QED) is 0.666. The maximum absolute atomic E-state index is 6.22. The van der Waals surface area contributed by atoms with Gasteiger partial charge in [-0.1, -0.05) is 30.3 Å². The molecule has 0 spiro atoms. The molecule has 0 unspecified atom stereocenters. The van der Waals surface area contributed by atoms with Gasteiger partial charge in [-0.3, -0.25) is 0 Å². The van der Waals surface area contributed by atoms with Gasteiger partial charge in [0.05, 0.1) is 0 Å². The topological polar surface area (TPSA) is 0 Å². The zero-order chi connectivity index (χ0) is 11.1. The zero-order valence-corrected chi connectivity index (χ0v) is 10.8. The number of halogens is 3. The summed E-state index contributed by atoms with van der Waals surface area (Å²) in [6, 6.07) is 10.2. The van der Waals surface area contributed by atoms with Crippen LogP contribution in [0.15, 0.2) is 30.3 Å². The highest BCUT2D eigenvalue weighted by Crippen LogP contribution is 2.18. The molecule has 0 saturated carbocycles. The predicted octanol–water partition coefficient (Wildman–Crippen LogP) is 4.46. The van der Waals surface area contributed by atoms with Crippen molar-refractivity contribution in [2.45, 2.75) is 30.0 Å². The van der Waals surface area contributed by atoms with Gasteiger partial charge in [-0.15, -0.1) is 34.8 Å². The lowest BCUT2D eigenvalue weighted by atomic mass is 10.1. The molecule has 0 fully saturated rings. The fourth-order valence-electron chi connectivity index (χ4n) is 1.47. The molecule has 3 heteroatoms. The van der Waals surface area contributed by atoms with E-state index >= 15 is 0 Å². The molecule has 0 nitrogen and oxygen atoms in total. The summed E-state index contributed by atoms with van der Waals surface area (Å²) in [5.41, 5.74) is 1.26. The SMILES string of the molecule is ClCC[C@@H](Cl)C[C@@H](Cl)Cc1ccccc1. The van der Waals surface area contributed by atoms with Crippen LogP contribution in [-0.2, 0) is 6.42 Å². The lowest BCUT2D eigenvalue weighted by Gasteiger charge is -2.13. The summed E-state index contributed by atoms with van der Waals surface area (Å²) in [5.74, 6) is 0.600. The van der Waals surface area contributed by atoms with Crippen molar-refractivity contribution in [3.05, 3.63) is 35.9 Å². The molecular weight excluding hydrogens is 250 g/mol. The monoisotopic (exact) mass is 264 g/mol. The average Bonchev–Trinajstić information content (AvgIpc) is 2.19. The highest BCUT2D eigenvalue weighted by molar-refractivity contribution is 6.24. The van der Waals surface area contributed by atoms with E-state index in [2.05, 4.69) is 12.1 Å². The fraction of sp³-hybridized carbons (Fsp3) is 0.500. The molecule has 1 aromatic rings. The molecule has 1 rings (SSSR count). The summed E-state index contributed by atoms with van der Waals surface area (Å²) in [6.45, 7) is 0. The first-order valence-electron chi connectivity index (χ1n) is 5.10. The van der Waals surface area contributed by atoms with E-state index in [0.29, 0.717) is 5.88 Å². The first-order chi connectivity index (χ1) is 7.22. The molecular formula is C12H15Cl3. The zero-order valence-electron chi connectivity index (χ0n) is 8.50. The first-order valence-corrected chi connectivity index (χ1v) is 6.51. The molecule has 0 N–H and O–H groups in total. The van der Waals surface area contributed by atoms with Gasteiger partial charge in [-0.2, -0.15) is 0 Å². The Balaban J connectivity index is 2.33. The maximum Gasteiger partial charge on any atom is 0.0390 e. The molecule has 0 aliphatic rings. The molecule has 0 saturated heterocycles. The van der Waals surface area contributed by atoms with Crippen LogP contribution < -0.4 is 0 Å². The van der Waals surface area contributed by atoms with Crippen molar-refractivity contribution < 1.29 is 0 Å². The summed E-state index contributed by atoms with van der Waals surface area (Å²) in [4.78, 5) is 0. The Bertz CT molecular complexity index is 261. The van der Waals surface area contributed by atoms with Crippen LogP contribution in [0.2, 0.25) is 0 Å². The third kappa shape index (κ3) is 5.65. The fourth-order valence-corrected chi connectivity index (χ4v) is 2.65. The van der Waals surface area contributed by atoms with Gasteiger partial charge in [0.2, 0.25) is 0 Å². The maximum atomic E-state index is 6.22. The van der Waals surface area contributed by atoms with Gasteiger partial charge in [0.15, 0.2) is 0 Å². The molecule has 84 valence electrons. The van der Waals surface area contributed by atoms with Crippen LogP contribution in [-0.4, -0.2) is 16.6 Å². The van der Waals surface area contributed by atoms with Gasteiger partial charge < -0.3 is 0 Å². The largest absolute Gasteiger partial charge is 0.127 e. The van der Waals surface area contributed by atoms with Gasteiger partial charge in [-0.25, -0.2) is 0 Å². The van der Waals surface area contributed by atoms with Crippen molar-refractivity contribution >= 4 is 34.8 Å². The molecule has 0 bridgehead atoms. The Morgan fingerprint density at radius 3 is 2.27 bits per heavy atom. The Labute approximate surface area is 107 Å². The molecule has 0 heterocycles. The van der Waals surface area contributed by atoms with Crippen molar-refractivity contribution in [1.82, 2.24) is 0 Å². The number of hydrogen-bond donors (Lipinski definition) is 0. The van der Waals surface area contributed by atoms with Crippen LogP contribution in [0.1, 0.15) is 18.4 Å². The Morgan fingerprint density at radius 2 is 1.67 bits per heavy atom. The van der Waals surface area contributed by atoms with E-state index in [0.717, 1.165) is 19.3 Å². The number of benzene rings is 1. The summed E-state index contributed by atoms with van der Waals surface area (Å²) in [6.07, 6.45) is 2.50. The molecule has 0 amide bonds. The lowest BCUT2D eigenvalue weighted by Crippen LogP contribution is -2.11. The minimum absolute atomic E-state index is 0.0914. The molecule has 2 atom stereocenters. The predicted molar refractivity (Wildman–Crippen MR) is 69.4 cm³/mol. The normalized spacial score (nSPS) is 14.9. The molecule has 0 radical (unpaired) electrons. The Hall–Kier alpha value is 0.0900. The van der Waals surface area contributed by atoms with E-state index in [-0.39, 0.29) is 10.8 Å². The highest BCUT2D eigenvalue weighted by Gasteiger charge is 2.12. The Morgan fingerprint density at radius 1 is 1.00 bits per heavy atom. The third-order valence-electron chi connectivity index (χ3n) is 2.23. The van der Waals surface area contributed by atoms with Crippen LogP contribution in [0, 0.1) is 0 Å². The second kappa shape index (κ2) is 7.38. The van der Waals surface area contributed by atoms with Crippen molar-refractivity contribution in [3.63, 3.8) is 0 Å². The van der Waals surface area contributed by atoms with E-state index < -0.39 is 0 Å². The van der Waals surface area contributed by atoms with Crippen molar-refractivity contribution in [2.24, 2.45) is 0 Å². The van der Waals surface area contributed by atoms with Crippen molar-refractivity contribution in [3.8, 4) is 0 Å². The van der Waals surface area contributed by atoms with E-state index in [1.54, 1.807) is 0 Å². The molecule has 0 aromatic heterocycles. The van der Waals surface area contributed by atoms with Crippen LogP contribution in [0.25, 0.3) is 0 Å². The standard InChI is InChI=1S/C12H15Cl3/c13-7-6-11(14)9-12(15)8-10-4-2-1-3-5-10/h1-5,11-12H,6-9H2/t11-,12+/m1/s1. The summed E-state index contributed by atoms with van der Waals surface area (Å²) in [7, 11) is 0. The van der Waals surface area contributed by atoms with Crippen LogP contribution in [0.4, 0.5) is 0 Å². The van der Waals surface area contributed by atoms with E-state index in [4.69, 9.17) is 34.8 Å². The minimum atomic E-state index is 0.0914. The van der Waals surface area contributed by atoms with Gasteiger partial charge in [0.25, 0.3) is 0 Å². The average molecular weight is 266 g/mol. The van der Waals surface area contributed by atoms with E-state index in [9.17, 15) is 0 Å². The summed E-state index contributed by atoms with van der Waals surface area (Å²) in [5, 5.41) is 0.187. The van der Waals surface area contributed by atoms with Crippen LogP contribution >= 0.6 is 34.8 Å². The Kier molecular flexibility index (Phi) is 6.47. The molecule has 15 heavy (non-hydrogen) atoms. The molecule has 0 aliphatic carbocycles. The second-order valence-electron chi connectivity index (χ2n) is 3.60. The highest BCUT2D eigenvalue weighted by atomic mass is 35.5. The van der Waals surface area contributed by atoms with Gasteiger partial charge in [0, 0.05) is 16.6 Å². The summed E-state index contributed by atoms with van der Waals surface area (Å²) >= 11 is 17.9. The van der Waals surface area contributed by atoms with E-state index in [1.807, 2.05) is 18.2 Å².